The minimum atomic E-state index is -0.170. The van der Waals surface area contributed by atoms with Gasteiger partial charge in [-0.25, -0.2) is 4.98 Å². The lowest BCUT2D eigenvalue weighted by atomic mass is 10.0. The zero-order chi connectivity index (χ0) is 11.8. The fourth-order valence-corrected chi connectivity index (χ4v) is 3.14. The number of imidazole rings is 1. The van der Waals surface area contributed by atoms with Crippen LogP contribution in [0.3, 0.4) is 0 Å². The molecule has 1 aromatic heterocycles. The zero-order valence-corrected chi connectivity index (χ0v) is 10.5. The number of rotatable bonds is 1. The highest BCUT2D eigenvalue weighted by Crippen LogP contribution is 2.30. The van der Waals surface area contributed by atoms with Gasteiger partial charge in [0.2, 0.25) is 0 Å². The fourth-order valence-electron chi connectivity index (χ4n) is 3.14. The van der Waals surface area contributed by atoms with Crippen molar-refractivity contribution in [1.82, 2.24) is 14.5 Å². The van der Waals surface area contributed by atoms with Crippen LogP contribution in [0.5, 0.6) is 0 Å². The van der Waals surface area contributed by atoms with Gasteiger partial charge in [-0.3, -0.25) is 4.90 Å². The Kier molecular flexibility index (Phi) is 2.92. The summed E-state index contributed by atoms with van der Waals surface area (Å²) in [6.45, 7) is 2.10. The number of aromatic nitrogens is 2. The molecule has 0 aromatic carbocycles. The van der Waals surface area contributed by atoms with Gasteiger partial charge < -0.3 is 9.67 Å². The maximum Gasteiger partial charge on any atom is 0.126 e. The third-order valence-corrected chi connectivity index (χ3v) is 4.17. The van der Waals surface area contributed by atoms with Gasteiger partial charge in [-0.15, -0.1) is 0 Å². The van der Waals surface area contributed by atoms with Crippen LogP contribution in [0.25, 0.3) is 0 Å². The molecule has 2 aliphatic heterocycles. The Labute approximate surface area is 102 Å². The summed E-state index contributed by atoms with van der Waals surface area (Å²) in [5.41, 5.74) is 1.21. The lowest BCUT2D eigenvalue weighted by Gasteiger charge is -2.33. The van der Waals surface area contributed by atoms with E-state index in [4.69, 9.17) is 0 Å². The molecule has 0 saturated carbocycles. The van der Waals surface area contributed by atoms with Crippen LogP contribution in [0.15, 0.2) is 6.20 Å². The van der Waals surface area contributed by atoms with Gasteiger partial charge in [-0.05, 0) is 32.9 Å². The van der Waals surface area contributed by atoms with Crippen molar-refractivity contribution in [1.29, 1.82) is 0 Å². The molecule has 0 bridgehead atoms. The van der Waals surface area contributed by atoms with Crippen LogP contribution in [-0.4, -0.2) is 39.3 Å². The second-order valence-corrected chi connectivity index (χ2v) is 5.40. The van der Waals surface area contributed by atoms with Gasteiger partial charge in [0.05, 0.1) is 12.1 Å². The summed E-state index contributed by atoms with van der Waals surface area (Å²) in [6, 6.07) is 0.479. The van der Waals surface area contributed by atoms with Crippen molar-refractivity contribution in [2.24, 2.45) is 0 Å². The molecular formula is C13H21N3O. The predicted octanol–water partition coefficient (Wildman–Crippen LogP) is 1.35. The highest BCUT2D eigenvalue weighted by atomic mass is 16.3. The molecule has 3 rings (SSSR count). The number of fused-ring (bicyclic) bond motifs is 1. The standard InChI is InChI=1S/C13H21N3O/c1-15-6-3-2-4-12(15)13-14-9-10-8-11(17)5-7-16(10)13/h9,11-12,17H,2-8H2,1H3. The number of hydrogen-bond acceptors (Lipinski definition) is 3. The Morgan fingerprint density at radius 3 is 3.00 bits per heavy atom. The van der Waals surface area contributed by atoms with E-state index in [9.17, 15) is 5.11 Å². The largest absolute Gasteiger partial charge is 0.393 e. The number of aliphatic hydroxyl groups is 1. The van der Waals surface area contributed by atoms with Gasteiger partial charge in [0, 0.05) is 24.9 Å². The number of likely N-dealkylation sites (tertiary alicyclic amines) is 1. The van der Waals surface area contributed by atoms with Crippen LogP contribution in [-0.2, 0) is 13.0 Å². The maximum atomic E-state index is 9.68. The summed E-state index contributed by atoms with van der Waals surface area (Å²) in [5.74, 6) is 1.22. The smallest absolute Gasteiger partial charge is 0.126 e. The van der Waals surface area contributed by atoms with Crippen molar-refractivity contribution in [3.05, 3.63) is 17.7 Å². The highest BCUT2D eigenvalue weighted by molar-refractivity contribution is 5.12. The summed E-state index contributed by atoms with van der Waals surface area (Å²) in [5, 5.41) is 9.68. The Bertz CT molecular complexity index is 401. The number of nitrogens with zero attached hydrogens (tertiary/aromatic N) is 3. The Morgan fingerprint density at radius 2 is 2.18 bits per heavy atom. The van der Waals surface area contributed by atoms with Crippen LogP contribution >= 0.6 is 0 Å². The Hall–Kier alpha value is -0.870. The van der Waals surface area contributed by atoms with E-state index in [1.54, 1.807) is 0 Å². The normalized spacial score (nSPS) is 30.2. The molecule has 1 N–H and O–H groups in total. The van der Waals surface area contributed by atoms with Gasteiger partial charge in [-0.1, -0.05) is 6.42 Å². The number of hydrogen-bond donors (Lipinski definition) is 1. The molecule has 1 aromatic rings. The molecule has 2 unspecified atom stereocenters. The topological polar surface area (TPSA) is 41.3 Å². The third-order valence-electron chi connectivity index (χ3n) is 4.17. The first-order valence-electron chi connectivity index (χ1n) is 6.68. The summed E-state index contributed by atoms with van der Waals surface area (Å²) >= 11 is 0. The predicted molar refractivity (Wildman–Crippen MR) is 65.8 cm³/mol. The average molecular weight is 235 g/mol. The first kappa shape index (κ1) is 11.2. The van der Waals surface area contributed by atoms with Crippen molar-refractivity contribution in [3.8, 4) is 0 Å². The molecule has 94 valence electrons. The van der Waals surface area contributed by atoms with E-state index in [-0.39, 0.29) is 6.10 Å². The quantitative estimate of drug-likeness (QED) is 0.799. The van der Waals surface area contributed by atoms with E-state index in [0.717, 1.165) is 19.4 Å². The van der Waals surface area contributed by atoms with Crippen LogP contribution in [0.4, 0.5) is 0 Å². The molecule has 4 nitrogen and oxygen atoms in total. The van der Waals surface area contributed by atoms with Crippen molar-refractivity contribution in [3.63, 3.8) is 0 Å². The molecule has 2 atom stereocenters. The van der Waals surface area contributed by atoms with Crippen molar-refractivity contribution >= 4 is 0 Å². The summed E-state index contributed by atoms with van der Waals surface area (Å²) < 4.78 is 2.33. The first-order valence-corrected chi connectivity index (χ1v) is 6.68. The molecule has 2 aliphatic rings. The van der Waals surface area contributed by atoms with Gasteiger partial charge >= 0.3 is 0 Å². The van der Waals surface area contributed by atoms with Gasteiger partial charge in [0.25, 0.3) is 0 Å². The number of piperidine rings is 1. The molecule has 1 fully saturated rings. The zero-order valence-electron chi connectivity index (χ0n) is 10.5. The lowest BCUT2D eigenvalue weighted by molar-refractivity contribution is 0.136. The van der Waals surface area contributed by atoms with E-state index in [2.05, 4.69) is 21.5 Å². The monoisotopic (exact) mass is 235 g/mol. The lowest BCUT2D eigenvalue weighted by Crippen LogP contribution is -2.33. The van der Waals surface area contributed by atoms with Crippen molar-refractivity contribution in [2.45, 2.75) is 50.8 Å². The maximum absolute atomic E-state index is 9.68. The van der Waals surface area contributed by atoms with Crippen LogP contribution in [0, 0.1) is 0 Å². The van der Waals surface area contributed by atoms with E-state index < -0.39 is 0 Å². The van der Waals surface area contributed by atoms with E-state index >= 15 is 0 Å². The summed E-state index contributed by atoms with van der Waals surface area (Å²) in [7, 11) is 2.20. The summed E-state index contributed by atoms with van der Waals surface area (Å²) in [6.07, 6.45) is 7.25. The molecule has 0 radical (unpaired) electrons. The van der Waals surface area contributed by atoms with E-state index in [1.807, 2.05) is 6.20 Å². The van der Waals surface area contributed by atoms with Gasteiger partial charge in [0.15, 0.2) is 0 Å². The molecule has 3 heterocycles. The van der Waals surface area contributed by atoms with Crippen molar-refractivity contribution < 1.29 is 5.11 Å². The first-order chi connectivity index (χ1) is 8.25. The highest BCUT2D eigenvalue weighted by Gasteiger charge is 2.28. The second kappa shape index (κ2) is 4.42. The minimum absolute atomic E-state index is 0.170. The second-order valence-electron chi connectivity index (χ2n) is 5.40. The molecule has 4 heteroatoms. The summed E-state index contributed by atoms with van der Waals surface area (Å²) in [4.78, 5) is 7.04. The molecule has 0 amide bonds. The molecule has 0 spiro atoms. The SMILES string of the molecule is CN1CCCCC1c1ncc2n1CCC(O)C2. The van der Waals surface area contributed by atoms with Crippen LogP contribution < -0.4 is 0 Å². The Balaban J connectivity index is 1.88. The fraction of sp³-hybridized carbons (Fsp3) is 0.769. The van der Waals surface area contributed by atoms with E-state index in [1.165, 1.54) is 37.3 Å². The number of aliphatic hydroxyl groups excluding tert-OH is 1. The molecule has 1 saturated heterocycles. The van der Waals surface area contributed by atoms with Crippen molar-refractivity contribution in [2.75, 3.05) is 13.6 Å². The molecule has 0 aliphatic carbocycles. The Morgan fingerprint density at radius 1 is 1.29 bits per heavy atom. The average Bonchev–Trinajstić information content (AvgIpc) is 2.72. The minimum Gasteiger partial charge on any atom is -0.393 e. The van der Waals surface area contributed by atoms with Crippen LogP contribution in [0.2, 0.25) is 0 Å². The molecular weight excluding hydrogens is 214 g/mol. The van der Waals surface area contributed by atoms with Gasteiger partial charge in [-0.2, -0.15) is 0 Å². The third kappa shape index (κ3) is 2.00. The molecule has 17 heavy (non-hydrogen) atoms. The van der Waals surface area contributed by atoms with Crippen LogP contribution in [0.1, 0.15) is 43.2 Å². The van der Waals surface area contributed by atoms with E-state index in [0.29, 0.717) is 6.04 Å². The van der Waals surface area contributed by atoms with Gasteiger partial charge in [0.1, 0.15) is 5.82 Å².